The van der Waals surface area contributed by atoms with Gasteiger partial charge in [0.2, 0.25) is 10.0 Å². The van der Waals surface area contributed by atoms with E-state index in [1.54, 1.807) is 0 Å². The van der Waals surface area contributed by atoms with Crippen LogP contribution >= 0.6 is 0 Å². The Bertz CT molecular complexity index is 514. The fourth-order valence-electron chi connectivity index (χ4n) is 1.80. The van der Waals surface area contributed by atoms with Crippen molar-refractivity contribution in [3.8, 4) is 0 Å². The summed E-state index contributed by atoms with van der Waals surface area (Å²) in [5, 5.41) is 8.83. The molecule has 1 aliphatic heterocycles. The SMILES string of the molecule is O=C(O)[C@H]1CCN(S(=O)(=O)c2cccnc2)C1. The maximum Gasteiger partial charge on any atom is 0.307 e. The summed E-state index contributed by atoms with van der Waals surface area (Å²) < 4.78 is 25.4. The van der Waals surface area contributed by atoms with Gasteiger partial charge < -0.3 is 5.11 Å². The van der Waals surface area contributed by atoms with Crippen molar-refractivity contribution in [1.82, 2.24) is 9.29 Å². The summed E-state index contributed by atoms with van der Waals surface area (Å²) in [5.74, 6) is -1.56. The summed E-state index contributed by atoms with van der Waals surface area (Å²) in [7, 11) is -3.60. The van der Waals surface area contributed by atoms with Crippen molar-refractivity contribution < 1.29 is 18.3 Å². The summed E-state index contributed by atoms with van der Waals surface area (Å²) >= 11 is 0. The lowest BCUT2D eigenvalue weighted by Crippen LogP contribution is -2.30. The monoisotopic (exact) mass is 256 g/mol. The van der Waals surface area contributed by atoms with Crippen LogP contribution in [-0.2, 0) is 14.8 Å². The molecule has 0 amide bonds. The molecule has 0 spiro atoms. The highest BCUT2D eigenvalue weighted by atomic mass is 32.2. The van der Waals surface area contributed by atoms with Gasteiger partial charge >= 0.3 is 5.97 Å². The van der Waals surface area contributed by atoms with E-state index in [0.717, 1.165) is 0 Å². The first kappa shape index (κ1) is 12.0. The molecular formula is C10H12N2O4S. The molecule has 2 heterocycles. The first-order chi connectivity index (χ1) is 8.01. The number of rotatable bonds is 3. The molecule has 1 fully saturated rings. The van der Waals surface area contributed by atoms with Crippen LogP contribution in [0.5, 0.6) is 0 Å². The van der Waals surface area contributed by atoms with Gasteiger partial charge in [0.05, 0.1) is 5.92 Å². The van der Waals surface area contributed by atoms with E-state index in [0.29, 0.717) is 6.42 Å². The van der Waals surface area contributed by atoms with E-state index in [-0.39, 0.29) is 18.0 Å². The fourth-order valence-corrected chi connectivity index (χ4v) is 3.26. The second-order valence-corrected chi connectivity index (χ2v) is 5.81. The molecule has 1 saturated heterocycles. The molecule has 1 N–H and O–H groups in total. The number of pyridine rings is 1. The zero-order valence-corrected chi connectivity index (χ0v) is 9.80. The predicted octanol–water partition coefficient (Wildman–Crippen LogP) is 0.177. The van der Waals surface area contributed by atoms with Gasteiger partial charge in [0.15, 0.2) is 0 Å². The zero-order chi connectivity index (χ0) is 12.5. The van der Waals surface area contributed by atoms with Gasteiger partial charge in [-0.1, -0.05) is 0 Å². The zero-order valence-electron chi connectivity index (χ0n) is 8.98. The predicted molar refractivity (Wildman–Crippen MR) is 58.7 cm³/mol. The van der Waals surface area contributed by atoms with E-state index in [2.05, 4.69) is 4.98 Å². The lowest BCUT2D eigenvalue weighted by molar-refractivity contribution is -0.141. The summed E-state index contributed by atoms with van der Waals surface area (Å²) in [4.78, 5) is 14.6. The summed E-state index contributed by atoms with van der Waals surface area (Å²) in [6.45, 7) is 0.279. The lowest BCUT2D eigenvalue weighted by atomic mass is 10.1. The molecular weight excluding hydrogens is 244 g/mol. The molecule has 0 radical (unpaired) electrons. The molecule has 17 heavy (non-hydrogen) atoms. The van der Waals surface area contributed by atoms with Gasteiger partial charge in [-0.25, -0.2) is 8.42 Å². The second kappa shape index (κ2) is 4.42. The average molecular weight is 256 g/mol. The van der Waals surface area contributed by atoms with Gasteiger partial charge in [-0.05, 0) is 18.6 Å². The normalized spacial score (nSPS) is 21.5. The van der Waals surface area contributed by atoms with Crippen molar-refractivity contribution in [2.75, 3.05) is 13.1 Å². The van der Waals surface area contributed by atoms with Crippen LogP contribution in [0.3, 0.4) is 0 Å². The Kier molecular flexibility index (Phi) is 3.12. The molecule has 0 bridgehead atoms. The van der Waals surface area contributed by atoms with Crippen molar-refractivity contribution in [3.63, 3.8) is 0 Å². The number of aromatic nitrogens is 1. The smallest absolute Gasteiger partial charge is 0.307 e. The Morgan fingerprint density at radius 3 is 2.82 bits per heavy atom. The molecule has 0 saturated carbocycles. The van der Waals surface area contributed by atoms with Crippen LogP contribution < -0.4 is 0 Å². The molecule has 1 atom stereocenters. The topological polar surface area (TPSA) is 87.6 Å². The highest BCUT2D eigenvalue weighted by Crippen LogP contribution is 2.23. The van der Waals surface area contributed by atoms with Crippen molar-refractivity contribution >= 4 is 16.0 Å². The van der Waals surface area contributed by atoms with E-state index in [9.17, 15) is 13.2 Å². The minimum Gasteiger partial charge on any atom is -0.481 e. The maximum atomic E-state index is 12.1. The van der Waals surface area contributed by atoms with Crippen molar-refractivity contribution in [2.45, 2.75) is 11.3 Å². The first-order valence-electron chi connectivity index (χ1n) is 5.15. The third-order valence-electron chi connectivity index (χ3n) is 2.77. The largest absolute Gasteiger partial charge is 0.481 e. The van der Waals surface area contributed by atoms with Crippen LogP contribution in [0.15, 0.2) is 29.4 Å². The van der Waals surface area contributed by atoms with Crippen molar-refractivity contribution in [2.24, 2.45) is 5.92 Å². The number of carbonyl (C=O) groups is 1. The highest BCUT2D eigenvalue weighted by Gasteiger charge is 2.35. The number of sulfonamides is 1. The van der Waals surface area contributed by atoms with E-state index in [1.807, 2.05) is 0 Å². The molecule has 92 valence electrons. The van der Waals surface area contributed by atoms with Gasteiger partial charge in [-0.3, -0.25) is 9.78 Å². The summed E-state index contributed by atoms with van der Waals surface area (Å²) in [6.07, 6.45) is 3.11. The number of carboxylic acid groups (broad SMARTS) is 1. The van der Waals surface area contributed by atoms with Crippen LogP contribution in [0, 0.1) is 5.92 Å². The quantitative estimate of drug-likeness (QED) is 0.833. The molecule has 1 aromatic heterocycles. The third-order valence-corrected chi connectivity index (χ3v) is 4.62. The Morgan fingerprint density at radius 1 is 1.53 bits per heavy atom. The number of carboxylic acids is 1. The van der Waals surface area contributed by atoms with E-state index in [1.165, 1.54) is 28.8 Å². The Morgan fingerprint density at radius 2 is 2.29 bits per heavy atom. The summed E-state index contributed by atoms with van der Waals surface area (Å²) in [6, 6.07) is 2.99. The first-order valence-corrected chi connectivity index (χ1v) is 6.59. The van der Waals surface area contributed by atoms with Crippen LogP contribution in [0.25, 0.3) is 0 Å². The Balaban J connectivity index is 2.22. The standard InChI is InChI=1S/C10H12N2O4S/c13-10(14)8-3-5-12(7-8)17(15,16)9-2-1-4-11-6-9/h1-2,4,6,8H,3,5,7H2,(H,13,14)/t8-/m0/s1. The number of hydrogen-bond donors (Lipinski definition) is 1. The van der Waals surface area contributed by atoms with E-state index in [4.69, 9.17) is 5.11 Å². The molecule has 6 nitrogen and oxygen atoms in total. The minimum absolute atomic E-state index is 0.0343. The van der Waals surface area contributed by atoms with Crippen LogP contribution in [0.4, 0.5) is 0 Å². The molecule has 2 rings (SSSR count). The maximum absolute atomic E-state index is 12.1. The number of nitrogens with zero attached hydrogens (tertiary/aromatic N) is 2. The van der Waals surface area contributed by atoms with E-state index >= 15 is 0 Å². The van der Waals surface area contributed by atoms with Gasteiger partial charge in [-0.2, -0.15) is 4.31 Å². The Hall–Kier alpha value is -1.47. The van der Waals surface area contributed by atoms with Gasteiger partial charge in [0, 0.05) is 25.5 Å². The molecule has 1 aromatic rings. The van der Waals surface area contributed by atoms with Crippen LogP contribution in [-0.4, -0.2) is 41.9 Å². The van der Waals surface area contributed by atoms with Gasteiger partial charge in [-0.15, -0.1) is 0 Å². The molecule has 1 aliphatic rings. The second-order valence-electron chi connectivity index (χ2n) is 3.88. The van der Waals surface area contributed by atoms with Crippen molar-refractivity contribution in [3.05, 3.63) is 24.5 Å². The number of aliphatic carboxylic acids is 1. The lowest BCUT2D eigenvalue weighted by Gasteiger charge is -2.15. The number of hydrogen-bond acceptors (Lipinski definition) is 4. The fraction of sp³-hybridized carbons (Fsp3) is 0.400. The van der Waals surface area contributed by atoms with Gasteiger partial charge in [0.1, 0.15) is 4.90 Å². The molecule has 7 heteroatoms. The molecule has 0 aliphatic carbocycles. The van der Waals surface area contributed by atoms with Crippen LogP contribution in [0.2, 0.25) is 0 Å². The van der Waals surface area contributed by atoms with E-state index < -0.39 is 21.9 Å². The molecule has 0 aromatic carbocycles. The minimum atomic E-state index is -3.60. The van der Waals surface area contributed by atoms with Crippen LogP contribution in [0.1, 0.15) is 6.42 Å². The van der Waals surface area contributed by atoms with Gasteiger partial charge in [0.25, 0.3) is 0 Å². The third kappa shape index (κ3) is 2.29. The Labute approximate surface area is 98.9 Å². The highest BCUT2D eigenvalue weighted by molar-refractivity contribution is 7.89. The summed E-state index contributed by atoms with van der Waals surface area (Å²) in [5.41, 5.74) is 0. The average Bonchev–Trinajstić information content (AvgIpc) is 2.80. The molecule has 0 unspecified atom stereocenters. The van der Waals surface area contributed by atoms with Crippen molar-refractivity contribution in [1.29, 1.82) is 0 Å².